The summed E-state index contributed by atoms with van der Waals surface area (Å²) in [7, 11) is 0. The van der Waals surface area contributed by atoms with Crippen LogP contribution in [0.1, 0.15) is 0 Å². The van der Waals surface area contributed by atoms with E-state index in [9.17, 15) is 0 Å². The molecule has 59 heavy (non-hydrogen) atoms. The van der Waals surface area contributed by atoms with Gasteiger partial charge in [-0.05, 0) is 42.0 Å². The molecule has 12 aromatic rings. The van der Waals surface area contributed by atoms with E-state index < -0.39 is 0 Å². The lowest BCUT2D eigenvalue weighted by molar-refractivity contribution is 1.19. The van der Waals surface area contributed by atoms with Crippen LogP contribution in [0.3, 0.4) is 0 Å². The monoisotopic (exact) mass is 750 g/mol. The Hall–Kier alpha value is -7.95. The van der Waals surface area contributed by atoms with Gasteiger partial charge in [0.1, 0.15) is 0 Å². The van der Waals surface area contributed by atoms with Gasteiger partial charge in [0, 0.05) is 65.6 Å². The van der Waals surface area contributed by atoms with E-state index in [-0.39, 0.29) is 0 Å². The summed E-state index contributed by atoms with van der Waals surface area (Å²) in [6.45, 7) is 0. The van der Waals surface area contributed by atoms with Gasteiger partial charge in [0.05, 0.1) is 44.7 Å². The van der Waals surface area contributed by atoms with Crippen molar-refractivity contribution in [3.8, 4) is 50.6 Å². The van der Waals surface area contributed by atoms with E-state index in [0.717, 1.165) is 88.7 Å². The number of aromatic nitrogens is 4. The van der Waals surface area contributed by atoms with E-state index >= 15 is 0 Å². The molecule has 0 saturated heterocycles. The molecule has 0 radical (unpaired) electrons. The molecule has 0 saturated carbocycles. The smallest absolute Gasteiger partial charge is 0.0972 e. The second kappa shape index (κ2) is 13.3. The molecule has 0 amide bonds. The lowest BCUT2D eigenvalue weighted by Crippen LogP contribution is -1.97. The summed E-state index contributed by atoms with van der Waals surface area (Å²) in [4.78, 5) is 16.1. The highest BCUT2D eigenvalue weighted by Crippen LogP contribution is 2.44. The fourth-order valence-electron chi connectivity index (χ4n) is 9.00. The van der Waals surface area contributed by atoms with Crippen LogP contribution >= 0.6 is 0 Å². The van der Waals surface area contributed by atoms with Crippen molar-refractivity contribution in [3.63, 3.8) is 0 Å². The Labute approximate surface area is 340 Å². The van der Waals surface area contributed by atoms with Gasteiger partial charge >= 0.3 is 0 Å². The molecule has 12 rings (SSSR count). The van der Waals surface area contributed by atoms with E-state index in [1.807, 2.05) is 6.07 Å². The summed E-state index contributed by atoms with van der Waals surface area (Å²) >= 11 is 0. The second-order valence-corrected chi connectivity index (χ2v) is 15.1. The van der Waals surface area contributed by atoms with Crippen LogP contribution in [-0.2, 0) is 0 Å². The van der Waals surface area contributed by atoms with Gasteiger partial charge in [0.25, 0.3) is 0 Å². The van der Waals surface area contributed by atoms with Crippen LogP contribution in [-0.4, -0.2) is 19.5 Å². The third kappa shape index (κ3) is 5.34. The minimum atomic E-state index is 0.895. The van der Waals surface area contributed by atoms with E-state index in [2.05, 4.69) is 205 Å². The summed E-state index contributed by atoms with van der Waals surface area (Å²) in [6.07, 6.45) is 0. The van der Waals surface area contributed by atoms with Crippen molar-refractivity contribution in [1.82, 2.24) is 19.5 Å². The van der Waals surface area contributed by atoms with Crippen LogP contribution in [0.2, 0.25) is 0 Å². The van der Waals surface area contributed by atoms with Crippen molar-refractivity contribution < 1.29 is 0 Å². The molecule has 8 aromatic carbocycles. The summed E-state index contributed by atoms with van der Waals surface area (Å²) in [6, 6.07) is 73.1. The highest BCUT2D eigenvalue weighted by Gasteiger charge is 2.21. The normalized spacial score (nSPS) is 11.7. The van der Waals surface area contributed by atoms with E-state index in [1.165, 1.54) is 27.2 Å². The first-order chi connectivity index (χ1) is 29.3. The largest absolute Gasteiger partial charge is 0.309 e. The number of hydrogen-bond donors (Lipinski definition) is 0. The first kappa shape index (κ1) is 33.2. The second-order valence-electron chi connectivity index (χ2n) is 15.1. The van der Waals surface area contributed by atoms with Crippen molar-refractivity contribution >= 4 is 65.3 Å². The number of benzene rings is 8. The Kier molecular flexibility index (Phi) is 7.50. The maximum absolute atomic E-state index is 5.59. The van der Waals surface area contributed by atoms with E-state index in [1.54, 1.807) is 0 Å². The summed E-state index contributed by atoms with van der Waals surface area (Å²) < 4.78 is 2.43. The first-order valence-corrected chi connectivity index (χ1v) is 20.0. The molecule has 0 N–H and O–H groups in total. The van der Waals surface area contributed by atoms with Gasteiger partial charge in [-0.15, -0.1) is 0 Å². The maximum atomic E-state index is 5.59. The molecule has 0 unspecified atom stereocenters. The topological polar surface area (TPSA) is 43.6 Å². The minimum absolute atomic E-state index is 0.895. The lowest BCUT2D eigenvalue weighted by Gasteiger charge is -2.16. The quantitative estimate of drug-likeness (QED) is 0.165. The zero-order valence-corrected chi connectivity index (χ0v) is 31.9. The fourth-order valence-corrected chi connectivity index (χ4v) is 9.00. The Morgan fingerprint density at radius 2 is 0.898 bits per heavy atom. The molecule has 4 nitrogen and oxygen atoms in total. The Morgan fingerprint density at radius 1 is 0.339 bits per heavy atom. The molecule has 0 aliphatic carbocycles. The average Bonchev–Trinajstić information content (AvgIpc) is 3.66. The average molecular weight is 751 g/mol. The number of fused-ring (bicyclic) bond motifs is 10. The van der Waals surface area contributed by atoms with Gasteiger partial charge in [-0.1, -0.05) is 170 Å². The maximum Gasteiger partial charge on any atom is 0.0972 e. The molecule has 4 heteroatoms. The number of para-hydroxylation sites is 3. The van der Waals surface area contributed by atoms with Crippen molar-refractivity contribution in [2.45, 2.75) is 0 Å². The summed E-state index contributed by atoms with van der Waals surface area (Å²) in [5.41, 5.74) is 14.4. The molecule has 4 aromatic heterocycles. The lowest BCUT2D eigenvalue weighted by atomic mass is 9.93. The molecule has 0 bridgehead atoms. The molecule has 0 spiro atoms. The number of nitrogens with zero attached hydrogens (tertiary/aromatic N) is 4. The van der Waals surface area contributed by atoms with Gasteiger partial charge in [-0.2, -0.15) is 0 Å². The minimum Gasteiger partial charge on any atom is -0.309 e. The predicted octanol–water partition coefficient (Wildman–Crippen LogP) is 14.2. The van der Waals surface area contributed by atoms with Gasteiger partial charge in [-0.25, -0.2) is 15.0 Å². The van der Waals surface area contributed by atoms with Crippen LogP contribution in [0.15, 0.2) is 206 Å². The standard InChI is InChI=1S/C55H34N4/c1-4-14-35(15-5-1)47-32-28-37-26-27-38-29-33-48(57-53(38)52(37)56-47)40-19-12-18-39(34-40)42-23-13-24-45-50-46(51(58-54(42)45)36-16-6-2-7-17-36)31-30-44-43-22-10-11-25-49(43)59(55(44)50)41-20-8-3-9-21-41/h1-34H. The zero-order chi connectivity index (χ0) is 38.9. The molecular weight excluding hydrogens is 717 g/mol. The van der Waals surface area contributed by atoms with Gasteiger partial charge in [0.15, 0.2) is 0 Å². The number of pyridine rings is 3. The fraction of sp³-hybridized carbons (Fsp3) is 0. The first-order valence-electron chi connectivity index (χ1n) is 20.0. The van der Waals surface area contributed by atoms with Gasteiger partial charge < -0.3 is 4.57 Å². The number of hydrogen-bond acceptors (Lipinski definition) is 3. The van der Waals surface area contributed by atoms with E-state index in [4.69, 9.17) is 15.0 Å². The van der Waals surface area contributed by atoms with Gasteiger partial charge in [0.2, 0.25) is 0 Å². The summed E-state index contributed by atoms with van der Waals surface area (Å²) in [5.74, 6) is 0. The Balaban J connectivity index is 1.10. The number of rotatable bonds is 5. The summed E-state index contributed by atoms with van der Waals surface area (Å²) in [5, 5.41) is 8.01. The van der Waals surface area contributed by atoms with Crippen molar-refractivity contribution in [3.05, 3.63) is 206 Å². The molecule has 0 aliphatic heterocycles. The molecule has 0 fully saturated rings. The van der Waals surface area contributed by atoms with E-state index in [0.29, 0.717) is 0 Å². The van der Waals surface area contributed by atoms with Crippen molar-refractivity contribution in [1.29, 1.82) is 0 Å². The third-order valence-corrected chi connectivity index (χ3v) is 11.7. The SMILES string of the molecule is c1ccc(-c2ccc3ccc4ccc(-c5cccc(-c6cccc7c6nc(-c6ccccc6)c6ccc8c9ccccc9n(-c9ccccc9)c8c67)c5)nc4c3n2)cc1. The highest BCUT2D eigenvalue weighted by atomic mass is 15.0. The Morgan fingerprint density at radius 3 is 1.64 bits per heavy atom. The van der Waals surface area contributed by atoms with Crippen LogP contribution in [0.5, 0.6) is 0 Å². The molecule has 274 valence electrons. The third-order valence-electron chi connectivity index (χ3n) is 11.7. The van der Waals surface area contributed by atoms with Crippen LogP contribution < -0.4 is 0 Å². The predicted molar refractivity (Wildman–Crippen MR) is 246 cm³/mol. The van der Waals surface area contributed by atoms with Crippen LogP contribution in [0, 0.1) is 0 Å². The molecule has 0 aliphatic rings. The van der Waals surface area contributed by atoms with Gasteiger partial charge in [-0.3, -0.25) is 0 Å². The molecule has 4 heterocycles. The van der Waals surface area contributed by atoms with Crippen molar-refractivity contribution in [2.75, 3.05) is 0 Å². The van der Waals surface area contributed by atoms with Crippen LogP contribution in [0.25, 0.3) is 116 Å². The highest BCUT2D eigenvalue weighted by molar-refractivity contribution is 6.28. The zero-order valence-electron chi connectivity index (χ0n) is 31.9. The van der Waals surface area contributed by atoms with Crippen molar-refractivity contribution in [2.24, 2.45) is 0 Å². The molecular formula is C55H34N4. The Bertz CT molecular complexity index is 3590. The molecule has 0 atom stereocenters. The van der Waals surface area contributed by atoms with Crippen LogP contribution in [0.4, 0.5) is 0 Å².